The van der Waals surface area contributed by atoms with E-state index in [1.807, 2.05) is 0 Å². The molecule has 28 heavy (non-hydrogen) atoms. The molecule has 9 nitrogen and oxygen atoms in total. The Hall–Kier alpha value is -3.23. The van der Waals surface area contributed by atoms with E-state index in [2.05, 4.69) is 20.6 Å². The van der Waals surface area contributed by atoms with E-state index < -0.39 is 0 Å². The molecule has 1 aliphatic rings. The third kappa shape index (κ3) is 4.54. The maximum absolute atomic E-state index is 12.6. The van der Waals surface area contributed by atoms with Crippen molar-refractivity contribution in [2.24, 2.45) is 0 Å². The molecule has 0 unspecified atom stereocenters. The van der Waals surface area contributed by atoms with Crippen LogP contribution in [-0.4, -0.2) is 61.4 Å². The summed E-state index contributed by atoms with van der Waals surface area (Å²) in [4.78, 5) is 22.8. The maximum atomic E-state index is 12.6. The predicted molar refractivity (Wildman–Crippen MR) is 105 cm³/mol. The fraction of sp³-hybridized carbons (Fsp3) is 0.421. The fourth-order valence-corrected chi connectivity index (χ4v) is 3.11. The van der Waals surface area contributed by atoms with E-state index in [0.29, 0.717) is 42.0 Å². The number of carbonyl (C=O) groups is 1. The van der Waals surface area contributed by atoms with Crippen molar-refractivity contribution >= 4 is 17.5 Å². The summed E-state index contributed by atoms with van der Waals surface area (Å²) < 4.78 is 15.7. The zero-order valence-corrected chi connectivity index (χ0v) is 16.3. The maximum Gasteiger partial charge on any atom is 0.321 e. The number of methoxy groups -OCH3 is 3. The molecule has 0 radical (unpaired) electrons. The molecule has 3 rings (SSSR count). The Balaban J connectivity index is 1.54. The summed E-state index contributed by atoms with van der Waals surface area (Å²) in [7, 11) is 4.70. The minimum atomic E-state index is -0.136. The van der Waals surface area contributed by atoms with Crippen LogP contribution in [0.4, 0.5) is 16.3 Å². The highest BCUT2D eigenvalue weighted by Crippen LogP contribution is 2.30. The smallest absolute Gasteiger partial charge is 0.321 e. The normalized spacial score (nSPS) is 14.3. The van der Waals surface area contributed by atoms with Crippen LogP contribution in [0.1, 0.15) is 12.8 Å². The first-order valence-corrected chi connectivity index (χ1v) is 9.04. The van der Waals surface area contributed by atoms with Gasteiger partial charge in [0.25, 0.3) is 5.88 Å². The molecular formula is C19H25N5O4. The molecule has 1 aromatic heterocycles. The summed E-state index contributed by atoms with van der Waals surface area (Å²) in [5.41, 5.74) is 0.659. The SMILES string of the molecule is COc1ccc(NC(=O)N2CCC(Nc3nccnc3OC)CC2)cc1OC. The first-order chi connectivity index (χ1) is 13.6. The molecule has 2 N–H and O–H groups in total. The van der Waals surface area contributed by atoms with Crippen molar-refractivity contribution in [1.82, 2.24) is 14.9 Å². The Morgan fingerprint density at radius 1 is 1.04 bits per heavy atom. The van der Waals surface area contributed by atoms with Crippen LogP contribution < -0.4 is 24.8 Å². The topological polar surface area (TPSA) is 97.8 Å². The summed E-state index contributed by atoms with van der Waals surface area (Å²) >= 11 is 0. The van der Waals surface area contributed by atoms with Gasteiger partial charge in [0.1, 0.15) is 0 Å². The van der Waals surface area contributed by atoms with Gasteiger partial charge < -0.3 is 29.7 Å². The number of carbonyl (C=O) groups excluding carboxylic acids is 1. The molecular weight excluding hydrogens is 362 g/mol. The molecule has 2 heterocycles. The third-order valence-electron chi connectivity index (χ3n) is 4.62. The third-order valence-corrected chi connectivity index (χ3v) is 4.62. The molecule has 1 aliphatic heterocycles. The highest BCUT2D eigenvalue weighted by atomic mass is 16.5. The first-order valence-electron chi connectivity index (χ1n) is 9.04. The number of hydrogen-bond donors (Lipinski definition) is 2. The van der Waals surface area contributed by atoms with Crippen LogP contribution in [0.3, 0.4) is 0 Å². The lowest BCUT2D eigenvalue weighted by Crippen LogP contribution is -2.44. The van der Waals surface area contributed by atoms with Crippen LogP contribution in [0.25, 0.3) is 0 Å². The number of anilines is 2. The van der Waals surface area contributed by atoms with Gasteiger partial charge in [0, 0.05) is 43.3 Å². The first kappa shape index (κ1) is 19.5. The second kappa shape index (κ2) is 9.12. The molecule has 1 fully saturated rings. The average molecular weight is 387 g/mol. The Kier molecular flexibility index (Phi) is 6.36. The van der Waals surface area contributed by atoms with Gasteiger partial charge in [-0.2, -0.15) is 0 Å². The molecule has 0 spiro atoms. The van der Waals surface area contributed by atoms with E-state index in [1.54, 1.807) is 56.8 Å². The Morgan fingerprint density at radius 3 is 2.43 bits per heavy atom. The highest BCUT2D eigenvalue weighted by Gasteiger charge is 2.24. The largest absolute Gasteiger partial charge is 0.493 e. The predicted octanol–water partition coefficient (Wildman–Crippen LogP) is 2.61. The average Bonchev–Trinajstić information content (AvgIpc) is 2.74. The number of urea groups is 1. The zero-order chi connectivity index (χ0) is 19.9. The Labute approximate surface area is 164 Å². The number of likely N-dealkylation sites (tertiary alicyclic amines) is 1. The minimum Gasteiger partial charge on any atom is -0.493 e. The molecule has 9 heteroatoms. The summed E-state index contributed by atoms with van der Waals surface area (Å²) in [6.07, 6.45) is 4.82. The van der Waals surface area contributed by atoms with Gasteiger partial charge >= 0.3 is 6.03 Å². The van der Waals surface area contributed by atoms with E-state index in [0.717, 1.165) is 12.8 Å². The molecule has 1 saturated heterocycles. The Bertz CT molecular complexity index is 809. The van der Waals surface area contributed by atoms with Gasteiger partial charge in [-0.15, -0.1) is 0 Å². The molecule has 0 saturated carbocycles. The number of amides is 2. The van der Waals surface area contributed by atoms with Crippen molar-refractivity contribution in [2.75, 3.05) is 45.1 Å². The van der Waals surface area contributed by atoms with Crippen LogP contribution in [0, 0.1) is 0 Å². The van der Waals surface area contributed by atoms with Crippen molar-refractivity contribution < 1.29 is 19.0 Å². The molecule has 1 aromatic carbocycles. The van der Waals surface area contributed by atoms with Crippen LogP contribution in [0.5, 0.6) is 17.4 Å². The van der Waals surface area contributed by atoms with Crippen molar-refractivity contribution in [3.63, 3.8) is 0 Å². The van der Waals surface area contributed by atoms with Crippen LogP contribution in [-0.2, 0) is 0 Å². The van der Waals surface area contributed by atoms with E-state index >= 15 is 0 Å². The molecule has 2 aromatic rings. The quantitative estimate of drug-likeness (QED) is 0.786. The summed E-state index contributed by atoms with van der Waals surface area (Å²) in [6.45, 7) is 1.28. The second-order valence-electron chi connectivity index (χ2n) is 6.32. The summed E-state index contributed by atoms with van der Waals surface area (Å²) in [6, 6.07) is 5.36. The summed E-state index contributed by atoms with van der Waals surface area (Å²) in [5.74, 6) is 2.28. The van der Waals surface area contributed by atoms with Crippen molar-refractivity contribution in [1.29, 1.82) is 0 Å². The summed E-state index contributed by atoms with van der Waals surface area (Å²) in [5, 5.41) is 6.26. The number of nitrogens with one attached hydrogen (secondary N) is 2. The highest BCUT2D eigenvalue weighted by molar-refractivity contribution is 5.89. The van der Waals surface area contributed by atoms with Crippen LogP contribution in [0.15, 0.2) is 30.6 Å². The van der Waals surface area contributed by atoms with Crippen molar-refractivity contribution in [3.05, 3.63) is 30.6 Å². The molecule has 0 aliphatic carbocycles. The zero-order valence-electron chi connectivity index (χ0n) is 16.3. The monoisotopic (exact) mass is 387 g/mol. The number of nitrogens with zero attached hydrogens (tertiary/aromatic N) is 3. The number of rotatable bonds is 6. The lowest BCUT2D eigenvalue weighted by molar-refractivity contribution is 0.197. The van der Waals surface area contributed by atoms with Gasteiger partial charge in [-0.1, -0.05) is 0 Å². The number of benzene rings is 1. The van der Waals surface area contributed by atoms with Crippen molar-refractivity contribution in [2.45, 2.75) is 18.9 Å². The van der Waals surface area contributed by atoms with Crippen LogP contribution >= 0.6 is 0 Å². The Morgan fingerprint density at radius 2 is 1.75 bits per heavy atom. The van der Waals surface area contributed by atoms with Crippen LogP contribution in [0.2, 0.25) is 0 Å². The van der Waals surface area contributed by atoms with Crippen molar-refractivity contribution in [3.8, 4) is 17.4 Å². The second-order valence-corrected chi connectivity index (χ2v) is 6.32. The van der Waals surface area contributed by atoms with Gasteiger partial charge in [0.05, 0.1) is 21.3 Å². The number of hydrogen-bond acceptors (Lipinski definition) is 7. The van der Waals surface area contributed by atoms with E-state index in [-0.39, 0.29) is 12.1 Å². The van der Waals surface area contributed by atoms with Gasteiger partial charge in [0.2, 0.25) is 0 Å². The number of piperidine rings is 1. The van der Waals surface area contributed by atoms with Gasteiger partial charge in [-0.25, -0.2) is 14.8 Å². The van der Waals surface area contributed by atoms with Gasteiger partial charge in [0.15, 0.2) is 17.3 Å². The molecule has 0 bridgehead atoms. The standard InChI is InChI=1S/C19H25N5O4/c1-26-15-5-4-14(12-16(15)27-2)23-19(25)24-10-6-13(7-11-24)22-17-18(28-3)21-9-8-20-17/h4-5,8-9,12-13H,6-7,10-11H2,1-3H3,(H,20,22)(H,23,25). The van der Waals surface area contributed by atoms with Gasteiger partial charge in [-0.3, -0.25) is 0 Å². The van der Waals surface area contributed by atoms with E-state index in [4.69, 9.17) is 14.2 Å². The molecule has 150 valence electrons. The number of ether oxygens (including phenoxy) is 3. The van der Waals surface area contributed by atoms with E-state index in [1.165, 1.54) is 0 Å². The minimum absolute atomic E-state index is 0.136. The lowest BCUT2D eigenvalue weighted by Gasteiger charge is -2.32. The van der Waals surface area contributed by atoms with Gasteiger partial charge in [-0.05, 0) is 25.0 Å². The fourth-order valence-electron chi connectivity index (χ4n) is 3.11. The number of aromatic nitrogens is 2. The lowest BCUT2D eigenvalue weighted by atomic mass is 10.1. The molecule has 2 amide bonds. The molecule has 0 atom stereocenters. The van der Waals surface area contributed by atoms with E-state index in [9.17, 15) is 4.79 Å².